The summed E-state index contributed by atoms with van der Waals surface area (Å²) in [5, 5.41) is 3.62. The summed E-state index contributed by atoms with van der Waals surface area (Å²) in [6.07, 6.45) is 1.12. The Balaban J connectivity index is 2.29. The van der Waals surface area contributed by atoms with Gasteiger partial charge in [-0.05, 0) is 41.6 Å². The molecule has 0 saturated carbocycles. The Hall–Kier alpha value is -1.12. The van der Waals surface area contributed by atoms with E-state index < -0.39 is 0 Å². The molecular formula is C19H27NS. The summed E-state index contributed by atoms with van der Waals surface area (Å²) >= 11 is 1.92. The topological polar surface area (TPSA) is 12.0 Å². The molecule has 1 unspecified atom stereocenters. The molecule has 0 aliphatic rings. The van der Waals surface area contributed by atoms with E-state index in [1.165, 1.54) is 20.9 Å². The van der Waals surface area contributed by atoms with Crippen molar-refractivity contribution in [2.45, 2.75) is 52.5 Å². The molecule has 0 fully saturated rings. The molecule has 1 aromatic carbocycles. The van der Waals surface area contributed by atoms with Crippen LogP contribution in [0.3, 0.4) is 0 Å². The van der Waals surface area contributed by atoms with E-state index in [1.54, 1.807) is 0 Å². The first-order valence-corrected chi connectivity index (χ1v) is 8.69. The van der Waals surface area contributed by atoms with E-state index in [1.807, 2.05) is 11.3 Å². The van der Waals surface area contributed by atoms with Gasteiger partial charge in [-0.15, -0.1) is 11.3 Å². The van der Waals surface area contributed by atoms with Crippen LogP contribution in [0.2, 0.25) is 0 Å². The molecule has 1 atom stereocenters. The predicted octanol–water partition coefficient (Wildman–Crippen LogP) is 5.31. The van der Waals surface area contributed by atoms with Crippen LogP contribution in [0, 0.1) is 0 Å². The molecule has 0 bridgehead atoms. The van der Waals surface area contributed by atoms with Crippen LogP contribution < -0.4 is 5.32 Å². The van der Waals surface area contributed by atoms with Crippen LogP contribution in [0.5, 0.6) is 0 Å². The van der Waals surface area contributed by atoms with Crippen LogP contribution in [0.1, 0.15) is 61.5 Å². The molecule has 0 radical (unpaired) electrons. The lowest BCUT2D eigenvalue weighted by atomic mass is 9.86. The van der Waals surface area contributed by atoms with Gasteiger partial charge in [0, 0.05) is 9.75 Å². The first kappa shape index (κ1) is 16.3. The molecule has 0 aliphatic carbocycles. The fourth-order valence-corrected chi connectivity index (χ4v) is 3.56. The third-order valence-electron chi connectivity index (χ3n) is 3.83. The van der Waals surface area contributed by atoms with E-state index >= 15 is 0 Å². The summed E-state index contributed by atoms with van der Waals surface area (Å²) < 4.78 is 0. The van der Waals surface area contributed by atoms with Crippen LogP contribution >= 0.6 is 11.3 Å². The maximum Gasteiger partial charge on any atom is 0.0671 e. The summed E-state index contributed by atoms with van der Waals surface area (Å²) in [5.41, 5.74) is 2.96. The smallest absolute Gasteiger partial charge is 0.0671 e. The quantitative estimate of drug-likeness (QED) is 0.789. The Morgan fingerprint density at radius 2 is 1.67 bits per heavy atom. The third-order valence-corrected chi connectivity index (χ3v) is 5.13. The zero-order valence-electron chi connectivity index (χ0n) is 13.9. The zero-order chi connectivity index (χ0) is 15.5. The van der Waals surface area contributed by atoms with E-state index in [0.717, 1.165) is 13.0 Å². The standard InChI is InChI=1S/C19H27NS/c1-6-16-12-13-17(21-16)18(20-7-2)14-8-10-15(11-9-14)19(3,4)5/h8-13,18,20H,6-7H2,1-5H3. The molecule has 0 amide bonds. The number of nitrogens with one attached hydrogen (secondary N) is 1. The zero-order valence-corrected chi connectivity index (χ0v) is 14.7. The van der Waals surface area contributed by atoms with Crippen molar-refractivity contribution in [3.05, 3.63) is 57.3 Å². The van der Waals surface area contributed by atoms with Crippen LogP contribution in [0.4, 0.5) is 0 Å². The number of rotatable bonds is 5. The minimum Gasteiger partial charge on any atom is -0.306 e. The van der Waals surface area contributed by atoms with Crippen molar-refractivity contribution in [3.63, 3.8) is 0 Å². The van der Waals surface area contributed by atoms with Gasteiger partial charge < -0.3 is 5.32 Å². The molecule has 0 aliphatic heterocycles. The lowest BCUT2D eigenvalue weighted by molar-refractivity contribution is 0.588. The summed E-state index contributed by atoms with van der Waals surface area (Å²) in [7, 11) is 0. The number of hydrogen-bond donors (Lipinski definition) is 1. The van der Waals surface area contributed by atoms with Gasteiger partial charge in [-0.25, -0.2) is 0 Å². The van der Waals surface area contributed by atoms with Crippen molar-refractivity contribution in [3.8, 4) is 0 Å². The maximum atomic E-state index is 3.62. The Morgan fingerprint density at radius 1 is 1.00 bits per heavy atom. The third kappa shape index (κ3) is 3.96. The summed E-state index contributed by atoms with van der Waals surface area (Å²) in [5.74, 6) is 0. The minimum atomic E-state index is 0.213. The van der Waals surface area contributed by atoms with Crippen molar-refractivity contribution >= 4 is 11.3 Å². The van der Waals surface area contributed by atoms with Crippen LogP contribution in [-0.4, -0.2) is 6.54 Å². The van der Waals surface area contributed by atoms with E-state index in [4.69, 9.17) is 0 Å². The van der Waals surface area contributed by atoms with Gasteiger partial charge >= 0.3 is 0 Å². The summed E-state index contributed by atoms with van der Waals surface area (Å²) in [6.45, 7) is 12.1. The van der Waals surface area contributed by atoms with Gasteiger partial charge in [-0.1, -0.05) is 58.9 Å². The highest BCUT2D eigenvalue weighted by Crippen LogP contribution is 2.30. The minimum absolute atomic E-state index is 0.213. The highest BCUT2D eigenvalue weighted by atomic mass is 32.1. The van der Waals surface area contributed by atoms with Gasteiger partial charge in [0.1, 0.15) is 0 Å². The SMILES string of the molecule is CCNC(c1ccc(C(C)(C)C)cc1)c1ccc(CC)s1. The predicted molar refractivity (Wildman–Crippen MR) is 94.4 cm³/mol. The molecule has 2 aromatic rings. The average Bonchev–Trinajstić information content (AvgIpc) is 2.92. The molecule has 2 rings (SSSR count). The largest absolute Gasteiger partial charge is 0.306 e. The lowest BCUT2D eigenvalue weighted by Crippen LogP contribution is -2.21. The fourth-order valence-electron chi connectivity index (χ4n) is 2.50. The van der Waals surface area contributed by atoms with Crippen LogP contribution in [-0.2, 0) is 11.8 Å². The van der Waals surface area contributed by atoms with Crippen molar-refractivity contribution in [2.75, 3.05) is 6.54 Å². The van der Waals surface area contributed by atoms with Gasteiger partial charge in [-0.2, -0.15) is 0 Å². The molecule has 2 heteroatoms. The van der Waals surface area contributed by atoms with Gasteiger partial charge in [0.05, 0.1) is 6.04 Å². The second-order valence-corrected chi connectivity index (χ2v) is 7.72. The second-order valence-electron chi connectivity index (χ2n) is 6.52. The molecule has 21 heavy (non-hydrogen) atoms. The van der Waals surface area contributed by atoms with Gasteiger partial charge in [0.2, 0.25) is 0 Å². The van der Waals surface area contributed by atoms with E-state index in [-0.39, 0.29) is 5.41 Å². The average molecular weight is 301 g/mol. The molecular weight excluding hydrogens is 274 g/mol. The van der Waals surface area contributed by atoms with Gasteiger partial charge in [-0.3, -0.25) is 0 Å². The Bertz CT molecular complexity index is 560. The van der Waals surface area contributed by atoms with Crippen LogP contribution in [0.15, 0.2) is 36.4 Å². The molecule has 1 N–H and O–H groups in total. The number of hydrogen-bond acceptors (Lipinski definition) is 2. The Morgan fingerprint density at radius 3 is 2.14 bits per heavy atom. The van der Waals surface area contributed by atoms with Crippen molar-refractivity contribution in [1.29, 1.82) is 0 Å². The second kappa shape index (κ2) is 6.76. The van der Waals surface area contributed by atoms with Crippen molar-refractivity contribution in [1.82, 2.24) is 5.32 Å². The molecule has 114 valence electrons. The van der Waals surface area contributed by atoms with Gasteiger partial charge in [0.15, 0.2) is 0 Å². The molecule has 0 spiro atoms. The van der Waals surface area contributed by atoms with Gasteiger partial charge in [0.25, 0.3) is 0 Å². The highest BCUT2D eigenvalue weighted by molar-refractivity contribution is 7.12. The van der Waals surface area contributed by atoms with Crippen molar-refractivity contribution < 1.29 is 0 Å². The Kier molecular flexibility index (Phi) is 5.23. The molecule has 1 heterocycles. The lowest BCUT2D eigenvalue weighted by Gasteiger charge is -2.21. The maximum absolute atomic E-state index is 3.62. The Labute approximate surface area is 133 Å². The van der Waals surface area contributed by atoms with E-state index in [0.29, 0.717) is 6.04 Å². The van der Waals surface area contributed by atoms with Crippen LogP contribution in [0.25, 0.3) is 0 Å². The van der Waals surface area contributed by atoms with E-state index in [2.05, 4.69) is 76.3 Å². The number of benzene rings is 1. The summed E-state index contributed by atoms with van der Waals surface area (Å²) in [4.78, 5) is 2.87. The molecule has 0 saturated heterocycles. The number of thiophene rings is 1. The number of aryl methyl sites for hydroxylation is 1. The van der Waals surface area contributed by atoms with E-state index in [9.17, 15) is 0 Å². The summed E-state index contributed by atoms with van der Waals surface area (Å²) in [6, 6.07) is 13.9. The highest BCUT2D eigenvalue weighted by Gasteiger charge is 2.17. The first-order valence-electron chi connectivity index (χ1n) is 7.88. The van der Waals surface area contributed by atoms with Crippen molar-refractivity contribution in [2.24, 2.45) is 0 Å². The first-order chi connectivity index (χ1) is 9.95. The molecule has 1 nitrogen and oxygen atoms in total. The molecule has 1 aromatic heterocycles. The fraction of sp³-hybridized carbons (Fsp3) is 0.474. The normalized spacial score (nSPS) is 13.4. The monoisotopic (exact) mass is 301 g/mol.